The van der Waals surface area contributed by atoms with Crippen LogP contribution in [0.4, 0.5) is 0 Å². The van der Waals surface area contributed by atoms with Gasteiger partial charge < -0.3 is 14.4 Å². The molecule has 2 atom stereocenters. The summed E-state index contributed by atoms with van der Waals surface area (Å²) < 4.78 is 10.5. The number of aromatic nitrogens is 2. The topological polar surface area (TPSA) is 71.6 Å². The lowest BCUT2D eigenvalue weighted by molar-refractivity contribution is 0.170. The number of likely N-dealkylation sites (tertiary alicyclic amines) is 1. The van der Waals surface area contributed by atoms with E-state index in [9.17, 15) is 5.11 Å². The van der Waals surface area contributed by atoms with Crippen molar-refractivity contribution in [2.75, 3.05) is 13.7 Å². The zero-order valence-corrected chi connectivity index (χ0v) is 12.9. The summed E-state index contributed by atoms with van der Waals surface area (Å²) in [5.41, 5.74) is 1.13. The van der Waals surface area contributed by atoms with Crippen LogP contribution in [0.25, 0.3) is 0 Å². The molecule has 0 bridgehead atoms. The Bertz CT molecular complexity index is 629. The van der Waals surface area contributed by atoms with Crippen LogP contribution in [0.3, 0.4) is 0 Å². The molecule has 6 nitrogen and oxygen atoms in total. The molecule has 1 aliphatic heterocycles. The monoisotopic (exact) mass is 303 g/mol. The Labute approximate surface area is 129 Å². The van der Waals surface area contributed by atoms with Crippen LogP contribution in [0, 0.1) is 0 Å². The second kappa shape index (κ2) is 6.46. The molecule has 2 unspecified atom stereocenters. The van der Waals surface area contributed by atoms with Gasteiger partial charge in [-0.3, -0.25) is 4.90 Å². The molecule has 0 saturated carbocycles. The second-order valence-electron chi connectivity index (χ2n) is 5.57. The SMILES string of the molecule is CCc1nc(CN2CC(O)CC2c2cccc(OC)c2)no1. The normalized spacial score (nSPS) is 22.1. The molecule has 0 spiro atoms. The summed E-state index contributed by atoms with van der Waals surface area (Å²) in [5, 5.41) is 14.1. The van der Waals surface area contributed by atoms with E-state index in [-0.39, 0.29) is 12.1 Å². The first-order chi connectivity index (χ1) is 10.7. The van der Waals surface area contributed by atoms with Crippen LogP contribution >= 0.6 is 0 Å². The minimum absolute atomic E-state index is 0.133. The fraction of sp³-hybridized carbons (Fsp3) is 0.500. The molecular weight excluding hydrogens is 282 g/mol. The van der Waals surface area contributed by atoms with Gasteiger partial charge in [-0.25, -0.2) is 0 Å². The first-order valence-corrected chi connectivity index (χ1v) is 7.57. The first-order valence-electron chi connectivity index (χ1n) is 7.57. The maximum atomic E-state index is 10.1. The average molecular weight is 303 g/mol. The highest BCUT2D eigenvalue weighted by Gasteiger charge is 2.33. The van der Waals surface area contributed by atoms with Gasteiger partial charge in [-0.05, 0) is 24.1 Å². The molecule has 22 heavy (non-hydrogen) atoms. The molecule has 0 amide bonds. The lowest BCUT2D eigenvalue weighted by Gasteiger charge is -2.23. The number of aliphatic hydroxyl groups is 1. The number of hydrogen-bond donors (Lipinski definition) is 1. The molecule has 1 fully saturated rings. The predicted molar refractivity (Wildman–Crippen MR) is 80.4 cm³/mol. The molecule has 0 radical (unpaired) electrons. The zero-order chi connectivity index (χ0) is 15.5. The van der Waals surface area contributed by atoms with Crippen molar-refractivity contribution < 1.29 is 14.4 Å². The van der Waals surface area contributed by atoms with Gasteiger partial charge in [0.15, 0.2) is 5.82 Å². The maximum absolute atomic E-state index is 10.1. The summed E-state index contributed by atoms with van der Waals surface area (Å²) in [6, 6.07) is 8.11. The van der Waals surface area contributed by atoms with Gasteiger partial charge in [-0.1, -0.05) is 24.2 Å². The number of β-amino-alcohol motifs (C(OH)–C–C–N with tert-alkyl or cyclic N) is 1. The van der Waals surface area contributed by atoms with E-state index in [1.54, 1.807) is 7.11 Å². The Hall–Kier alpha value is -1.92. The standard InChI is InChI=1S/C16H21N3O3/c1-3-16-17-15(18-22-16)10-19-9-12(20)8-14(19)11-5-4-6-13(7-11)21-2/h4-7,12,14,20H,3,8-10H2,1-2H3. The number of aliphatic hydroxyl groups excluding tert-OH is 1. The Morgan fingerprint density at radius 1 is 1.45 bits per heavy atom. The van der Waals surface area contributed by atoms with Crippen molar-refractivity contribution in [2.45, 2.75) is 38.5 Å². The van der Waals surface area contributed by atoms with Crippen LogP contribution in [0.15, 0.2) is 28.8 Å². The fourth-order valence-corrected chi connectivity index (χ4v) is 2.93. The molecular formula is C16H21N3O3. The smallest absolute Gasteiger partial charge is 0.226 e. The van der Waals surface area contributed by atoms with Crippen molar-refractivity contribution in [3.63, 3.8) is 0 Å². The van der Waals surface area contributed by atoms with Crippen molar-refractivity contribution >= 4 is 0 Å². The Morgan fingerprint density at radius 2 is 2.32 bits per heavy atom. The van der Waals surface area contributed by atoms with Gasteiger partial charge in [0.25, 0.3) is 0 Å². The molecule has 118 valence electrons. The van der Waals surface area contributed by atoms with Crippen LogP contribution in [0.1, 0.15) is 36.7 Å². The fourth-order valence-electron chi connectivity index (χ4n) is 2.93. The van der Waals surface area contributed by atoms with Crippen molar-refractivity contribution in [3.05, 3.63) is 41.5 Å². The van der Waals surface area contributed by atoms with E-state index >= 15 is 0 Å². The van der Waals surface area contributed by atoms with Gasteiger partial charge >= 0.3 is 0 Å². The molecule has 1 aromatic carbocycles. The van der Waals surface area contributed by atoms with Crippen molar-refractivity contribution in [3.8, 4) is 5.75 Å². The van der Waals surface area contributed by atoms with Gasteiger partial charge in [-0.15, -0.1) is 0 Å². The van der Waals surface area contributed by atoms with E-state index in [4.69, 9.17) is 9.26 Å². The largest absolute Gasteiger partial charge is 0.497 e. The van der Waals surface area contributed by atoms with E-state index in [0.717, 1.165) is 17.7 Å². The number of methoxy groups -OCH3 is 1. The average Bonchev–Trinajstić information content (AvgIpc) is 3.14. The van der Waals surface area contributed by atoms with E-state index in [1.165, 1.54) is 0 Å². The molecule has 6 heteroatoms. The summed E-state index contributed by atoms with van der Waals surface area (Å²) in [6.07, 6.45) is 1.09. The van der Waals surface area contributed by atoms with Crippen molar-refractivity contribution in [2.24, 2.45) is 0 Å². The van der Waals surface area contributed by atoms with E-state index in [1.807, 2.05) is 25.1 Å². The summed E-state index contributed by atoms with van der Waals surface area (Å²) >= 11 is 0. The number of ether oxygens (including phenoxy) is 1. The van der Waals surface area contributed by atoms with E-state index in [0.29, 0.717) is 31.2 Å². The number of nitrogens with zero attached hydrogens (tertiary/aromatic N) is 3. The van der Waals surface area contributed by atoms with Gasteiger partial charge in [0.05, 0.1) is 19.8 Å². The molecule has 0 aliphatic carbocycles. The highest BCUT2D eigenvalue weighted by molar-refractivity contribution is 5.31. The van der Waals surface area contributed by atoms with Gasteiger partial charge in [0, 0.05) is 19.0 Å². The third-order valence-electron chi connectivity index (χ3n) is 4.02. The van der Waals surface area contributed by atoms with E-state index < -0.39 is 0 Å². The van der Waals surface area contributed by atoms with Gasteiger partial charge in [0.1, 0.15) is 5.75 Å². The third kappa shape index (κ3) is 3.13. The molecule has 1 aromatic heterocycles. The molecule has 3 rings (SSSR count). The highest BCUT2D eigenvalue weighted by atomic mass is 16.5. The molecule has 2 aromatic rings. The second-order valence-corrected chi connectivity index (χ2v) is 5.57. The van der Waals surface area contributed by atoms with Crippen LogP contribution < -0.4 is 4.74 Å². The molecule has 2 heterocycles. The summed E-state index contributed by atoms with van der Waals surface area (Å²) in [4.78, 5) is 6.54. The van der Waals surface area contributed by atoms with Crippen molar-refractivity contribution in [1.82, 2.24) is 15.0 Å². The van der Waals surface area contributed by atoms with Gasteiger partial charge in [0.2, 0.25) is 5.89 Å². The maximum Gasteiger partial charge on any atom is 0.226 e. The van der Waals surface area contributed by atoms with Crippen molar-refractivity contribution in [1.29, 1.82) is 0 Å². The first kappa shape index (κ1) is 15.0. The Kier molecular flexibility index (Phi) is 4.40. The van der Waals surface area contributed by atoms with E-state index in [2.05, 4.69) is 21.1 Å². The van der Waals surface area contributed by atoms with Crippen LogP contribution in [-0.2, 0) is 13.0 Å². The van der Waals surface area contributed by atoms with Crippen LogP contribution in [-0.4, -0.2) is 39.9 Å². The summed E-state index contributed by atoms with van der Waals surface area (Å²) in [6.45, 7) is 3.16. The Morgan fingerprint density at radius 3 is 3.05 bits per heavy atom. The lowest BCUT2D eigenvalue weighted by Crippen LogP contribution is -2.25. The lowest BCUT2D eigenvalue weighted by atomic mass is 10.0. The quantitative estimate of drug-likeness (QED) is 0.910. The van der Waals surface area contributed by atoms with Crippen LogP contribution in [0.5, 0.6) is 5.75 Å². The minimum Gasteiger partial charge on any atom is -0.497 e. The number of rotatable bonds is 5. The molecule has 1 saturated heterocycles. The van der Waals surface area contributed by atoms with Crippen LogP contribution in [0.2, 0.25) is 0 Å². The minimum atomic E-state index is -0.339. The Balaban J connectivity index is 1.79. The summed E-state index contributed by atoms with van der Waals surface area (Å²) in [5.74, 6) is 2.14. The number of aryl methyl sites for hydroxylation is 1. The van der Waals surface area contributed by atoms with Gasteiger partial charge in [-0.2, -0.15) is 4.98 Å². The zero-order valence-electron chi connectivity index (χ0n) is 12.9. The summed E-state index contributed by atoms with van der Waals surface area (Å²) in [7, 11) is 1.66. The number of hydrogen-bond acceptors (Lipinski definition) is 6. The third-order valence-corrected chi connectivity index (χ3v) is 4.02. The molecule has 1 aliphatic rings. The predicted octanol–water partition coefficient (Wildman–Crippen LogP) is 1.95. The number of benzene rings is 1. The highest BCUT2D eigenvalue weighted by Crippen LogP contribution is 2.34. The molecule has 1 N–H and O–H groups in total.